The van der Waals surface area contributed by atoms with Crippen molar-refractivity contribution in [2.45, 2.75) is 12.6 Å². The quantitative estimate of drug-likeness (QED) is 0.623. The average molecular weight is 385 g/mol. The van der Waals surface area contributed by atoms with Gasteiger partial charge in [-0.3, -0.25) is 4.79 Å². The molecule has 0 atom stereocenters. The van der Waals surface area contributed by atoms with Crippen LogP contribution in [0, 0.1) is 0 Å². The van der Waals surface area contributed by atoms with Gasteiger partial charge in [0.05, 0.1) is 18.2 Å². The van der Waals surface area contributed by atoms with Crippen LogP contribution < -0.4 is 5.43 Å². The Morgan fingerprint density at radius 3 is 2.52 bits per heavy atom. The summed E-state index contributed by atoms with van der Waals surface area (Å²) >= 11 is 3.30. The van der Waals surface area contributed by atoms with E-state index in [4.69, 9.17) is 0 Å². The molecule has 2 rings (SSSR count). The number of rotatable bonds is 4. The van der Waals surface area contributed by atoms with Crippen LogP contribution in [0.1, 0.15) is 16.7 Å². The molecule has 1 amide bonds. The lowest BCUT2D eigenvalue weighted by Crippen LogP contribution is -2.20. The molecule has 0 fully saturated rings. The van der Waals surface area contributed by atoms with Gasteiger partial charge in [0.2, 0.25) is 5.91 Å². The van der Waals surface area contributed by atoms with Crippen LogP contribution in [0.5, 0.6) is 0 Å². The standard InChI is InChI=1S/C16H12BrF3N2O/c17-14-6-4-11(5-7-14)10-21-22-15(23)9-12-2-1-3-13(8-12)16(18,19)20/h1-8,10H,9H2,(H,22,23). The molecule has 0 radical (unpaired) electrons. The van der Waals surface area contributed by atoms with E-state index in [-0.39, 0.29) is 12.0 Å². The van der Waals surface area contributed by atoms with Crippen LogP contribution >= 0.6 is 15.9 Å². The van der Waals surface area contributed by atoms with E-state index in [1.807, 2.05) is 12.1 Å². The predicted molar refractivity (Wildman–Crippen MR) is 85.0 cm³/mol. The van der Waals surface area contributed by atoms with Gasteiger partial charge < -0.3 is 0 Å². The molecule has 1 N–H and O–H groups in total. The molecule has 3 nitrogen and oxygen atoms in total. The Morgan fingerprint density at radius 1 is 1.17 bits per heavy atom. The van der Waals surface area contributed by atoms with Gasteiger partial charge in [0, 0.05) is 4.47 Å². The highest BCUT2D eigenvalue weighted by Crippen LogP contribution is 2.29. The minimum atomic E-state index is -4.42. The minimum absolute atomic E-state index is 0.179. The molecule has 0 heterocycles. The van der Waals surface area contributed by atoms with Gasteiger partial charge in [-0.05, 0) is 29.3 Å². The molecular weight excluding hydrogens is 373 g/mol. The number of nitrogens with one attached hydrogen (secondary N) is 1. The van der Waals surface area contributed by atoms with E-state index < -0.39 is 17.6 Å². The van der Waals surface area contributed by atoms with E-state index in [1.54, 1.807) is 12.1 Å². The maximum atomic E-state index is 12.6. The Kier molecular flexibility index (Phi) is 5.54. The molecular formula is C16H12BrF3N2O. The molecule has 23 heavy (non-hydrogen) atoms. The lowest BCUT2D eigenvalue weighted by Gasteiger charge is -2.08. The monoisotopic (exact) mass is 384 g/mol. The fourth-order valence-corrected chi connectivity index (χ4v) is 2.07. The fraction of sp³-hybridized carbons (Fsp3) is 0.125. The molecule has 2 aromatic carbocycles. The Balaban J connectivity index is 1.93. The smallest absolute Gasteiger partial charge is 0.273 e. The van der Waals surface area contributed by atoms with Crippen LogP contribution in [-0.4, -0.2) is 12.1 Å². The van der Waals surface area contributed by atoms with Crippen molar-refractivity contribution in [3.8, 4) is 0 Å². The van der Waals surface area contributed by atoms with E-state index in [0.29, 0.717) is 0 Å². The van der Waals surface area contributed by atoms with Crippen molar-refractivity contribution < 1.29 is 18.0 Å². The summed E-state index contributed by atoms with van der Waals surface area (Å²) in [5.74, 6) is -0.488. The molecule has 0 unspecified atom stereocenters. The highest BCUT2D eigenvalue weighted by molar-refractivity contribution is 9.10. The maximum Gasteiger partial charge on any atom is 0.416 e. The molecule has 0 aliphatic rings. The highest BCUT2D eigenvalue weighted by atomic mass is 79.9. The lowest BCUT2D eigenvalue weighted by molar-refractivity contribution is -0.137. The Bertz CT molecular complexity index is 712. The topological polar surface area (TPSA) is 41.5 Å². The second kappa shape index (κ2) is 7.41. The largest absolute Gasteiger partial charge is 0.416 e. The van der Waals surface area contributed by atoms with Crippen LogP contribution in [0.2, 0.25) is 0 Å². The molecule has 0 spiro atoms. The first-order valence-corrected chi connectivity index (χ1v) is 7.37. The summed E-state index contributed by atoms with van der Waals surface area (Å²) < 4.78 is 38.7. The van der Waals surface area contributed by atoms with E-state index in [2.05, 4.69) is 26.5 Å². The second-order valence-corrected chi connectivity index (χ2v) is 5.64. The number of amides is 1. The Hall–Kier alpha value is -2.15. The summed E-state index contributed by atoms with van der Waals surface area (Å²) in [6.45, 7) is 0. The summed E-state index contributed by atoms with van der Waals surface area (Å²) in [5.41, 5.74) is 2.57. The fourth-order valence-electron chi connectivity index (χ4n) is 1.81. The van der Waals surface area contributed by atoms with Gasteiger partial charge in [-0.1, -0.05) is 46.3 Å². The van der Waals surface area contributed by atoms with E-state index in [9.17, 15) is 18.0 Å². The Labute approximate surface area is 139 Å². The van der Waals surface area contributed by atoms with Crippen molar-refractivity contribution in [1.29, 1.82) is 0 Å². The molecule has 2 aromatic rings. The number of halogens is 4. The third-order valence-corrected chi connectivity index (χ3v) is 3.42. The summed E-state index contributed by atoms with van der Waals surface area (Å²) in [7, 11) is 0. The highest BCUT2D eigenvalue weighted by Gasteiger charge is 2.30. The summed E-state index contributed by atoms with van der Waals surface area (Å²) in [6.07, 6.45) is -3.15. The molecule has 120 valence electrons. The SMILES string of the molecule is O=C(Cc1cccc(C(F)(F)F)c1)NN=Cc1ccc(Br)cc1. The lowest BCUT2D eigenvalue weighted by atomic mass is 10.1. The number of hydrogen-bond acceptors (Lipinski definition) is 2. The van der Waals surface area contributed by atoms with Gasteiger partial charge >= 0.3 is 6.18 Å². The van der Waals surface area contributed by atoms with Crippen molar-refractivity contribution in [1.82, 2.24) is 5.43 Å². The van der Waals surface area contributed by atoms with Gasteiger partial charge in [-0.2, -0.15) is 18.3 Å². The number of carbonyl (C=O) groups is 1. The second-order valence-electron chi connectivity index (χ2n) is 4.72. The summed E-state index contributed by atoms with van der Waals surface area (Å²) in [5, 5.41) is 3.78. The van der Waals surface area contributed by atoms with Crippen molar-refractivity contribution in [2.75, 3.05) is 0 Å². The summed E-state index contributed by atoms with van der Waals surface area (Å²) in [6, 6.07) is 11.9. The Morgan fingerprint density at radius 2 is 1.87 bits per heavy atom. The first kappa shape index (κ1) is 17.2. The number of benzene rings is 2. The number of alkyl halides is 3. The van der Waals surface area contributed by atoms with Gasteiger partial charge in [0.1, 0.15) is 0 Å². The average Bonchev–Trinajstić information content (AvgIpc) is 2.49. The van der Waals surface area contributed by atoms with Gasteiger partial charge in [-0.25, -0.2) is 5.43 Å². The number of carbonyl (C=O) groups excluding carboxylic acids is 1. The van der Waals surface area contributed by atoms with Crippen LogP contribution in [0.3, 0.4) is 0 Å². The normalized spacial score (nSPS) is 11.7. The zero-order chi connectivity index (χ0) is 16.9. The maximum absolute atomic E-state index is 12.6. The molecule has 0 bridgehead atoms. The van der Waals surface area contributed by atoms with Crippen LogP contribution in [0.15, 0.2) is 58.1 Å². The van der Waals surface area contributed by atoms with E-state index >= 15 is 0 Å². The van der Waals surface area contributed by atoms with Crippen molar-refractivity contribution in [2.24, 2.45) is 5.10 Å². The van der Waals surface area contributed by atoms with Gasteiger partial charge in [0.15, 0.2) is 0 Å². The van der Waals surface area contributed by atoms with E-state index in [0.717, 1.165) is 22.2 Å². The van der Waals surface area contributed by atoms with Gasteiger partial charge in [-0.15, -0.1) is 0 Å². The third-order valence-electron chi connectivity index (χ3n) is 2.89. The van der Waals surface area contributed by atoms with Crippen molar-refractivity contribution >= 4 is 28.1 Å². The van der Waals surface area contributed by atoms with Crippen LogP contribution in [0.4, 0.5) is 13.2 Å². The van der Waals surface area contributed by atoms with Gasteiger partial charge in [0.25, 0.3) is 0 Å². The molecule has 0 aliphatic heterocycles. The molecule has 7 heteroatoms. The molecule has 0 aromatic heterocycles. The molecule has 0 aliphatic carbocycles. The third kappa shape index (κ3) is 5.52. The minimum Gasteiger partial charge on any atom is -0.273 e. The number of hydrogen-bond donors (Lipinski definition) is 1. The predicted octanol–water partition coefficient (Wildman–Crippen LogP) is 4.16. The van der Waals surface area contributed by atoms with Crippen molar-refractivity contribution in [3.63, 3.8) is 0 Å². The first-order valence-electron chi connectivity index (χ1n) is 6.58. The van der Waals surface area contributed by atoms with E-state index in [1.165, 1.54) is 18.3 Å². The zero-order valence-electron chi connectivity index (χ0n) is 11.8. The van der Waals surface area contributed by atoms with Crippen LogP contribution in [-0.2, 0) is 17.4 Å². The number of hydrazone groups is 1. The first-order chi connectivity index (χ1) is 10.8. The van der Waals surface area contributed by atoms with Crippen molar-refractivity contribution in [3.05, 3.63) is 69.7 Å². The zero-order valence-corrected chi connectivity index (χ0v) is 13.4. The molecule has 0 saturated carbocycles. The number of nitrogens with zero attached hydrogens (tertiary/aromatic N) is 1. The molecule has 0 saturated heterocycles. The summed E-state index contributed by atoms with van der Waals surface area (Å²) in [4.78, 5) is 11.7. The van der Waals surface area contributed by atoms with Crippen LogP contribution in [0.25, 0.3) is 0 Å².